The maximum absolute atomic E-state index is 15.5. The largest absolute Gasteiger partial charge is 0.490 e. The standard InChI is InChI=1S/C42H52F4O/c1-3-5-6-7-8-9-10-28-47-38-27-26-37(41(45)42(38)46)34-22-20-33(21-23-34)36-25-24-35(39(43)40(36)44)32-18-16-31(17-19-32)30-14-12-29(11-4-2)13-15-30/h4,11,20-27,29-32H,3,5-10,12-19,28H2,1-2H3/b11-4+. The van der Waals surface area contributed by atoms with Gasteiger partial charge in [0.15, 0.2) is 23.2 Å². The molecule has 0 spiro atoms. The number of hydrogen-bond donors (Lipinski definition) is 0. The second-order valence-electron chi connectivity index (χ2n) is 13.9. The van der Waals surface area contributed by atoms with E-state index in [1.807, 2.05) is 0 Å². The molecular formula is C42H52F4O. The molecule has 0 atom stereocenters. The Bertz CT molecular complexity index is 1450. The molecule has 2 fully saturated rings. The fourth-order valence-electron chi connectivity index (χ4n) is 8.02. The van der Waals surface area contributed by atoms with Crippen molar-refractivity contribution in [3.63, 3.8) is 0 Å². The van der Waals surface area contributed by atoms with E-state index in [4.69, 9.17) is 4.74 Å². The third-order valence-corrected chi connectivity index (χ3v) is 10.8. The topological polar surface area (TPSA) is 9.23 Å². The van der Waals surface area contributed by atoms with E-state index < -0.39 is 23.3 Å². The third-order valence-electron chi connectivity index (χ3n) is 10.8. The summed E-state index contributed by atoms with van der Waals surface area (Å²) in [5, 5.41) is 0. The number of ether oxygens (including phenoxy) is 1. The van der Waals surface area contributed by atoms with Crippen LogP contribution in [0.25, 0.3) is 22.3 Å². The summed E-state index contributed by atoms with van der Waals surface area (Å²) in [6, 6.07) is 12.9. The molecule has 3 aromatic rings. The molecule has 5 rings (SSSR count). The molecule has 1 nitrogen and oxygen atoms in total. The fourth-order valence-corrected chi connectivity index (χ4v) is 8.02. The van der Waals surface area contributed by atoms with Gasteiger partial charge >= 0.3 is 0 Å². The number of unbranched alkanes of at least 4 members (excludes halogenated alkanes) is 6. The van der Waals surface area contributed by atoms with Gasteiger partial charge in [-0.2, -0.15) is 4.39 Å². The predicted molar refractivity (Wildman–Crippen MR) is 186 cm³/mol. The van der Waals surface area contributed by atoms with Crippen LogP contribution in [0.2, 0.25) is 0 Å². The molecule has 2 aliphatic carbocycles. The quantitative estimate of drug-likeness (QED) is 0.0960. The second-order valence-corrected chi connectivity index (χ2v) is 13.9. The minimum Gasteiger partial charge on any atom is -0.490 e. The zero-order valence-electron chi connectivity index (χ0n) is 28.3. The first-order valence-corrected chi connectivity index (χ1v) is 18.2. The van der Waals surface area contributed by atoms with E-state index in [1.54, 1.807) is 36.4 Å². The lowest BCUT2D eigenvalue weighted by atomic mass is 9.68. The molecular weight excluding hydrogens is 596 g/mol. The van der Waals surface area contributed by atoms with Crippen molar-refractivity contribution < 1.29 is 22.3 Å². The molecule has 47 heavy (non-hydrogen) atoms. The number of halogens is 4. The highest BCUT2D eigenvalue weighted by molar-refractivity contribution is 5.72. The Balaban J connectivity index is 1.17. The molecule has 0 unspecified atom stereocenters. The van der Waals surface area contributed by atoms with Gasteiger partial charge in [-0.05, 0) is 117 Å². The van der Waals surface area contributed by atoms with Crippen molar-refractivity contribution in [1.82, 2.24) is 0 Å². The van der Waals surface area contributed by atoms with Gasteiger partial charge in [0.2, 0.25) is 5.82 Å². The number of rotatable bonds is 14. The zero-order valence-corrected chi connectivity index (χ0v) is 28.3. The summed E-state index contributed by atoms with van der Waals surface area (Å²) in [7, 11) is 0. The molecule has 0 amide bonds. The summed E-state index contributed by atoms with van der Waals surface area (Å²) < 4.78 is 66.4. The second kappa shape index (κ2) is 17.4. The van der Waals surface area contributed by atoms with Crippen molar-refractivity contribution in [2.24, 2.45) is 17.8 Å². The van der Waals surface area contributed by atoms with Crippen LogP contribution in [0, 0.1) is 41.0 Å². The number of benzene rings is 3. The monoisotopic (exact) mass is 648 g/mol. The minimum absolute atomic E-state index is 0.0388. The van der Waals surface area contributed by atoms with Crippen molar-refractivity contribution in [3.05, 3.63) is 89.5 Å². The molecule has 3 aromatic carbocycles. The molecule has 5 heteroatoms. The molecule has 0 aromatic heterocycles. The van der Waals surface area contributed by atoms with Crippen molar-refractivity contribution in [2.75, 3.05) is 6.61 Å². The summed E-state index contributed by atoms with van der Waals surface area (Å²) in [4.78, 5) is 0. The predicted octanol–water partition coefficient (Wildman–Crippen LogP) is 13.4. The average molecular weight is 649 g/mol. The first-order chi connectivity index (χ1) is 22.9. The van der Waals surface area contributed by atoms with Crippen molar-refractivity contribution >= 4 is 0 Å². The van der Waals surface area contributed by atoms with Crippen molar-refractivity contribution in [2.45, 2.75) is 116 Å². The van der Waals surface area contributed by atoms with Crippen LogP contribution in [0.4, 0.5) is 17.6 Å². The fraction of sp³-hybridized carbons (Fsp3) is 0.524. The van der Waals surface area contributed by atoms with Crippen LogP contribution in [0.3, 0.4) is 0 Å². The summed E-state index contributed by atoms with van der Waals surface area (Å²) in [6.07, 6.45) is 21.4. The van der Waals surface area contributed by atoms with Crippen LogP contribution >= 0.6 is 0 Å². The summed E-state index contributed by atoms with van der Waals surface area (Å²) in [5.41, 5.74) is 1.69. The highest BCUT2D eigenvalue weighted by Gasteiger charge is 2.32. The van der Waals surface area contributed by atoms with E-state index in [0.29, 0.717) is 29.2 Å². The lowest BCUT2D eigenvalue weighted by Gasteiger charge is -2.37. The van der Waals surface area contributed by atoms with Gasteiger partial charge in [-0.1, -0.05) is 94.0 Å². The molecule has 0 aliphatic heterocycles. The molecule has 0 heterocycles. The van der Waals surface area contributed by atoms with Gasteiger partial charge in [0.25, 0.3) is 0 Å². The highest BCUT2D eigenvalue weighted by atomic mass is 19.2. The Morgan fingerprint density at radius 3 is 1.72 bits per heavy atom. The van der Waals surface area contributed by atoms with E-state index in [0.717, 1.165) is 56.8 Å². The van der Waals surface area contributed by atoms with Gasteiger partial charge in [-0.25, -0.2) is 13.2 Å². The maximum atomic E-state index is 15.5. The smallest absolute Gasteiger partial charge is 0.201 e. The molecule has 254 valence electrons. The van der Waals surface area contributed by atoms with Crippen LogP contribution in [-0.2, 0) is 0 Å². The Hall–Kier alpha value is -3.08. The molecule has 0 bridgehead atoms. The normalized spacial score (nSPS) is 21.7. The number of allylic oxidation sites excluding steroid dienone is 2. The zero-order chi connectivity index (χ0) is 33.2. The van der Waals surface area contributed by atoms with Crippen LogP contribution < -0.4 is 4.74 Å². The third kappa shape index (κ3) is 8.89. The molecule has 0 N–H and O–H groups in total. The minimum atomic E-state index is -1.01. The Labute approximate surface area is 279 Å². The van der Waals surface area contributed by atoms with Gasteiger partial charge < -0.3 is 4.74 Å². The van der Waals surface area contributed by atoms with Crippen LogP contribution in [0.15, 0.2) is 60.7 Å². The Kier molecular flexibility index (Phi) is 13.0. The van der Waals surface area contributed by atoms with Crippen molar-refractivity contribution in [1.29, 1.82) is 0 Å². The Morgan fingerprint density at radius 1 is 0.596 bits per heavy atom. The van der Waals surface area contributed by atoms with E-state index >= 15 is 13.2 Å². The van der Waals surface area contributed by atoms with Gasteiger partial charge in [0.1, 0.15) is 0 Å². The van der Waals surface area contributed by atoms with Crippen molar-refractivity contribution in [3.8, 4) is 28.0 Å². The van der Waals surface area contributed by atoms with Crippen LogP contribution in [-0.4, -0.2) is 6.61 Å². The number of hydrogen-bond acceptors (Lipinski definition) is 1. The Morgan fingerprint density at radius 2 is 1.13 bits per heavy atom. The average Bonchev–Trinajstić information content (AvgIpc) is 3.10. The first kappa shape index (κ1) is 35.2. The van der Waals surface area contributed by atoms with Gasteiger partial charge in [0, 0.05) is 11.1 Å². The molecule has 0 radical (unpaired) electrons. The van der Waals surface area contributed by atoms with Crippen LogP contribution in [0.1, 0.15) is 122 Å². The van der Waals surface area contributed by atoms with Gasteiger partial charge in [-0.15, -0.1) is 0 Å². The van der Waals surface area contributed by atoms with Crippen LogP contribution in [0.5, 0.6) is 5.75 Å². The SMILES string of the molecule is C/C=C/C1CCC(C2CCC(c3ccc(-c4ccc(-c5ccc(OCCCCCCCCC)c(F)c5F)cc4)c(F)c3F)CC2)CC1. The lowest BCUT2D eigenvalue weighted by Crippen LogP contribution is -2.25. The van der Waals surface area contributed by atoms with Gasteiger partial charge in [0.05, 0.1) is 6.61 Å². The van der Waals surface area contributed by atoms with E-state index in [2.05, 4.69) is 26.0 Å². The summed E-state index contributed by atoms with van der Waals surface area (Å²) in [5.74, 6) is -1.47. The summed E-state index contributed by atoms with van der Waals surface area (Å²) in [6.45, 7) is 4.63. The van der Waals surface area contributed by atoms with E-state index in [9.17, 15) is 4.39 Å². The van der Waals surface area contributed by atoms with Gasteiger partial charge in [-0.3, -0.25) is 0 Å². The molecule has 2 saturated carbocycles. The lowest BCUT2D eigenvalue weighted by molar-refractivity contribution is 0.170. The maximum Gasteiger partial charge on any atom is 0.201 e. The van der Waals surface area contributed by atoms with E-state index in [-0.39, 0.29) is 22.8 Å². The first-order valence-electron chi connectivity index (χ1n) is 18.2. The van der Waals surface area contributed by atoms with E-state index in [1.165, 1.54) is 63.5 Å². The highest BCUT2D eigenvalue weighted by Crippen LogP contribution is 2.45. The molecule has 0 saturated heterocycles. The summed E-state index contributed by atoms with van der Waals surface area (Å²) >= 11 is 0. The molecule has 2 aliphatic rings.